The van der Waals surface area contributed by atoms with Gasteiger partial charge in [0.1, 0.15) is 41.6 Å². The highest BCUT2D eigenvalue weighted by atomic mass is 32.3. The number of carboxylic acid groups (broad SMARTS) is 1. The molecule has 0 unspecified atom stereocenters. The molecule has 0 saturated carbocycles. The molecule has 3 aromatic carbocycles. The van der Waals surface area contributed by atoms with Crippen molar-refractivity contribution in [2.75, 3.05) is 25.2 Å². The molecule has 0 bridgehead atoms. The Morgan fingerprint density at radius 1 is 0.716 bits per heavy atom. The smallest absolute Gasteiger partial charge is 0.446 e. The lowest BCUT2D eigenvalue weighted by Gasteiger charge is -2.26. The van der Waals surface area contributed by atoms with E-state index < -0.39 is 107 Å². The van der Waals surface area contributed by atoms with E-state index in [9.17, 15) is 51.9 Å². The number of rotatable bonds is 29. The Hall–Kier alpha value is -7.18. The van der Waals surface area contributed by atoms with E-state index in [1.54, 1.807) is 39.3 Å². The van der Waals surface area contributed by atoms with Crippen LogP contribution in [0.2, 0.25) is 0 Å². The van der Waals surface area contributed by atoms with Crippen molar-refractivity contribution in [2.45, 2.75) is 115 Å². The standard InChI is InChI=1S/C50H65N7O15S2/c1-6-7-16-37(45(62)56-41(28-43(59)60)48(65)70-24-22-31-13-9-8-10-14-31)54-47(64)40(27-33-29-51-36-17-12-11-15-35(33)36)53-42(58)30-52-44(61)38(23-25-73-5)55-46(63)39(57-49(66)71-50(2,3)4)26-32-18-20-34(21-19-32)72-74(67,68)69/h8-15,17-21,29,37-41,51H,6-7,16,22-28,30H2,1-5H3,(H,52,61)(H,53,58)(H,54,64)(H,55,63)(H,56,62)(H,57,66)(H,59,60)(H,67,68,69)/t37-,38-,39-,40-,41-/m0/s1. The van der Waals surface area contributed by atoms with Crippen LogP contribution in [0.4, 0.5) is 4.79 Å². The molecule has 0 saturated heterocycles. The summed E-state index contributed by atoms with van der Waals surface area (Å²) >= 11 is 1.37. The molecule has 74 heavy (non-hydrogen) atoms. The Balaban J connectivity index is 1.51. The second kappa shape index (κ2) is 28.9. The first-order chi connectivity index (χ1) is 35.0. The van der Waals surface area contributed by atoms with Crippen LogP contribution < -0.4 is 36.1 Å². The summed E-state index contributed by atoms with van der Waals surface area (Å²) in [6.07, 6.45) is 2.95. The number of nitrogens with one attached hydrogen (secondary N) is 7. The number of carbonyl (C=O) groups is 8. The molecule has 0 spiro atoms. The number of unbranched alkanes of at least 4 members (excludes halogenated alkanes) is 1. The van der Waals surface area contributed by atoms with E-state index in [0.717, 1.165) is 16.5 Å². The average Bonchev–Trinajstić information content (AvgIpc) is 3.74. The fourth-order valence-corrected chi connectivity index (χ4v) is 8.17. The molecular formula is C50H65N7O15S2. The molecule has 1 aromatic heterocycles. The van der Waals surface area contributed by atoms with Crippen molar-refractivity contribution in [2.24, 2.45) is 0 Å². The lowest BCUT2D eigenvalue weighted by Crippen LogP contribution is -2.58. The first-order valence-corrected chi connectivity index (χ1v) is 26.5. The van der Waals surface area contributed by atoms with Crippen LogP contribution in [0.25, 0.3) is 10.9 Å². The summed E-state index contributed by atoms with van der Waals surface area (Å²) in [6, 6.07) is 14.8. The van der Waals surface area contributed by atoms with Gasteiger partial charge in [-0.2, -0.15) is 20.2 Å². The lowest BCUT2D eigenvalue weighted by molar-refractivity contribution is -0.152. The van der Waals surface area contributed by atoms with Gasteiger partial charge >= 0.3 is 28.4 Å². The zero-order valence-electron chi connectivity index (χ0n) is 41.8. The highest BCUT2D eigenvalue weighted by Crippen LogP contribution is 2.20. The maximum absolute atomic E-state index is 14.3. The van der Waals surface area contributed by atoms with E-state index in [-0.39, 0.29) is 38.0 Å². The molecule has 0 aliphatic carbocycles. The second-order valence-electron chi connectivity index (χ2n) is 18.1. The highest BCUT2D eigenvalue weighted by Gasteiger charge is 2.33. The van der Waals surface area contributed by atoms with Gasteiger partial charge in [0.2, 0.25) is 29.5 Å². The van der Waals surface area contributed by atoms with Crippen molar-refractivity contribution in [3.05, 3.63) is 102 Å². The molecule has 9 N–H and O–H groups in total. The Bertz CT molecular complexity index is 2660. The molecule has 22 nitrogen and oxygen atoms in total. The van der Waals surface area contributed by atoms with Crippen LogP contribution in [-0.2, 0) is 72.7 Å². The van der Waals surface area contributed by atoms with Gasteiger partial charge in [0.15, 0.2) is 0 Å². The summed E-state index contributed by atoms with van der Waals surface area (Å²) in [7, 11) is -4.81. The van der Waals surface area contributed by atoms with Gasteiger partial charge < -0.3 is 55.6 Å². The normalized spacial score (nSPS) is 13.4. The van der Waals surface area contributed by atoms with E-state index in [4.69, 9.17) is 14.0 Å². The molecule has 1 heterocycles. The van der Waals surface area contributed by atoms with E-state index in [2.05, 4.69) is 41.1 Å². The van der Waals surface area contributed by atoms with Crippen LogP contribution in [0.3, 0.4) is 0 Å². The van der Waals surface area contributed by atoms with Gasteiger partial charge in [0, 0.05) is 36.4 Å². The van der Waals surface area contributed by atoms with E-state index >= 15 is 0 Å². The topological polar surface area (TPSA) is 327 Å². The van der Waals surface area contributed by atoms with E-state index in [1.807, 2.05) is 55.5 Å². The summed E-state index contributed by atoms with van der Waals surface area (Å²) in [5, 5.41) is 25.8. The third kappa shape index (κ3) is 21.1. The quantitative estimate of drug-likeness (QED) is 0.0278. The van der Waals surface area contributed by atoms with Crippen molar-refractivity contribution in [1.29, 1.82) is 0 Å². The van der Waals surface area contributed by atoms with Crippen molar-refractivity contribution in [3.8, 4) is 5.75 Å². The van der Waals surface area contributed by atoms with Crippen molar-refractivity contribution >= 4 is 80.6 Å². The average molecular weight is 1070 g/mol. The fourth-order valence-electron chi connectivity index (χ4n) is 7.34. The largest absolute Gasteiger partial charge is 0.481 e. The van der Waals surface area contributed by atoms with Crippen LogP contribution in [0.1, 0.15) is 76.5 Å². The summed E-state index contributed by atoms with van der Waals surface area (Å²) < 4.78 is 46.6. The number of hydrogen-bond donors (Lipinski definition) is 9. The van der Waals surface area contributed by atoms with Crippen LogP contribution in [-0.4, -0.2) is 132 Å². The van der Waals surface area contributed by atoms with Crippen LogP contribution in [0.15, 0.2) is 85.1 Å². The Morgan fingerprint density at radius 2 is 1.32 bits per heavy atom. The molecule has 0 radical (unpaired) electrons. The fraction of sp³-hybridized carbons (Fsp3) is 0.440. The van der Waals surface area contributed by atoms with Crippen LogP contribution in [0.5, 0.6) is 5.75 Å². The monoisotopic (exact) mass is 1070 g/mol. The molecule has 4 rings (SSSR count). The summed E-state index contributed by atoms with van der Waals surface area (Å²) in [5.41, 5.74) is 1.69. The van der Waals surface area contributed by atoms with Gasteiger partial charge in [0.05, 0.1) is 19.6 Å². The number of fused-ring (bicyclic) bond motifs is 1. The summed E-state index contributed by atoms with van der Waals surface area (Å²) in [4.78, 5) is 111. The van der Waals surface area contributed by atoms with Gasteiger partial charge in [-0.3, -0.25) is 33.3 Å². The number of aromatic nitrogens is 1. The summed E-state index contributed by atoms with van der Waals surface area (Å²) in [6.45, 7) is 5.95. The molecule has 0 aliphatic rings. The maximum atomic E-state index is 14.3. The minimum Gasteiger partial charge on any atom is -0.481 e. The Labute approximate surface area is 433 Å². The molecule has 0 fully saturated rings. The molecule has 24 heteroatoms. The third-order valence-corrected chi connectivity index (χ3v) is 12.0. The number of aliphatic carboxylic acids is 1. The Kier molecular flexibility index (Phi) is 23.2. The zero-order chi connectivity index (χ0) is 54.4. The number of carbonyl (C=O) groups excluding carboxylic acids is 7. The highest BCUT2D eigenvalue weighted by molar-refractivity contribution is 7.98. The van der Waals surface area contributed by atoms with Crippen molar-refractivity contribution in [3.63, 3.8) is 0 Å². The van der Waals surface area contributed by atoms with Crippen molar-refractivity contribution in [1.82, 2.24) is 36.9 Å². The van der Waals surface area contributed by atoms with Gasteiger partial charge in [-0.15, -0.1) is 0 Å². The van der Waals surface area contributed by atoms with Gasteiger partial charge in [-0.25, -0.2) is 9.59 Å². The van der Waals surface area contributed by atoms with E-state index in [0.29, 0.717) is 36.1 Å². The predicted molar refractivity (Wildman–Crippen MR) is 274 cm³/mol. The number of para-hydroxylation sites is 1. The maximum Gasteiger partial charge on any atom is 0.446 e. The molecular weight excluding hydrogens is 1000 g/mol. The van der Waals surface area contributed by atoms with Crippen LogP contribution in [0, 0.1) is 0 Å². The lowest BCUT2D eigenvalue weighted by atomic mass is 10.0. The number of hydrogen-bond acceptors (Lipinski definition) is 14. The number of thioether (sulfide) groups is 1. The molecule has 6 amide bonds. The van der Waals surface area contributed by atoms with Crippen molar-refractivity contribution < 1.29 is 70.1 Å². The zero-order valence-corrected chi connectivity index (χ0v) is 43.4. The SMILES string of the molecule is CCCC[C@H](NC(=O)[C@H](Cc1c[nH]c2ccccc12)NC(=O)CNC(=O)[C@H](CCSC)NC(=O)[C@H](Cc1ccc(OS(=O)(=O)O)cc1)NC(=O)OC(C)(C)C)C(=O)N[C@@H](CC(=O)O)C(=O)OCCc1ccccc1. The van der Waals surface area contributed by atoms with Gasteiger partial charge in [-0.05, 0) is 80.5 Å². The minimum atomic E-state index is -4.81. The first kappa shape index (κ1) is 59.4. The summed E-state index contributed by atoms with van der Waals surface area (Å²) in [5.74, 6) is -6.29. The second-order valence-corrected chi connectivity index (χ2v) is 20.1. The molecule has 0 aliphatic heterocycles. The number of amides is 6. The van der Waals surface area contributed by atoms with E-state index in [1.165, 1.54) is 36.0 Å². The Morgan fingerprint density at radius 3 is 1.95 bits per heavy atom. The number of H-pyrrole nitrogens is 1. The molecule has 4 aromatic rings. The number of ether oxygens (including phenoxy) is 2. The number of benzene rings is 3. The van der Waals surface area contributed by atoms with Gasteiger partial charge in [-0.1, -0.05) is 80.4 Å². The van der Waals surface area contributed by atoms with Crippen LogP contribution >= 0.6 is 11.8 Å². The predicted octanol–water partition coefficient (Wildman–Crippen LogP) is 3.29. The molecule has 402 valence electrons. The number of carboxylic acids is 1. The van der Waals surface area contributed by atoms with Gasteiger partial charge in [0.25, 0.3) is 0 Å². The first-order valence-electron chi connectivity index (χ1n) is 23.7. The minimum absolute atomic E-state index is 0.0761. The third-order valence-electron chi connectivity index (χ3n) is 10.9. The number of alkyl carbamates (subject to hydrolysis) is 1. The molecule has 5 atom stereocenters. The number of esters is 1. The number of aromatic amines is 1.